The number of hydrogen-bond acceptors (Lipinski definition) is 5. The topological polar surface area (TPSA) is 50.1 Å². The van der Waals surface area contributed by atoms with Crippen LogP contribution in [0.1, 0.15) is 18.3 Å². The third-order valence-corrected chi connectivity index (χ3v) is 4.38. The molecular formula is C15H19F3N6. The standard InChI is InChI=1S/C15H19F3N6/c1-11-9-23(8-7-22(11)2)10-14-19-20-21-24(14)13-5-3-12(4-6-13)15(16,17)18/h3-6,11H,7-10H2,1-2H3. The molecule has 130 valence electrons. The molecule has 1 fully saturated rings. The molecule has 1 aliphatic rings. The molecule has 3 rings (SSSR count). The summed E-state index contributed by atoms with van der Waals surface area (Å²) in [7, 11) is 2.09. The van der Waals surface area contributed by atoms with Crippen molar-refractivity contribution in [3.05, 3.63) is 35.7 Å². The van der Waals surface area contributed by atoms with E-state index in [1.165, 1.54) is 16.8 Å². The van der Waals surface area contributed by atoms with Crippen LogP contribution in [0, 0.1) is 0 Å². The van der Waals surface area contributed by atoms with E-state index in [0.717, 1.165) is 31.8 Å². The minimum Gasteiger partial charge on any atom is -0.301 e. The van der Waals surface area contributed by atoms with E-state index >= 15 is 0 Å². The smallest absolute Gasteiger partial charge is 0.301 e. The minimum absolute atomic E-state index is 0.439. The summed E-state index contributed by atoms with van der Waals surface area (Å²) in [4.78, 5) is 4.53. The van der Waals surface area contributed by atoms with Gasteiger partial charge < -0.3 is 4.90 Å². The number of nitrogens with zero attached hydrogens (tertiary/aromatic N) is 6. The van der Waals surface area contributed by atoms with E-state index in [1.807, 2.05) is 0 Å². The molecule has 1 aromatic carbocycles. The number of hydrogen-bond donors (Lipinski definition) is 0. The van der Waals surface area contributed by atoms with E-state index in [4.69, 9.17) is 0 Å². The molecule has 1 aromatic heterocycles. The average Bonchev–Trinajstić information content (AvgIpc) is 2.98. The summed E-state index contributed by atoms with van der Waals surface area (Å²) >= 11 is 0. The van der Waals surface area contributed by atoms with Gasteiger partial charge in [-0.1, -0.05) is 0 Å². The van der Waals surface area contributed by atoms with Gasteiger partial charge in [-0.3, -0.25) is 4.90 Å². The van der Waals surface area contributed by atoms with Crippen LogP contribution >= 0.6 is 0 Å². The summed E-state index contributed by atoms with van der Waals surface area (Å²) in [6, 6.07) is 5.29. The molecule has 2 aromatic rings. The third kappa shape index (κ3) is 3.57. The van der Waals surface area contributed by atoms with E-state index < -0.39 is 11.7 Å². The molecule has 0 aliphatic carbocycles. The Bertz CT molecular complexity index is 681. The van der Waals surface area contributed by atoms with Crippen molar-refractivity contribution in [1.29, 1.82) is 0 Å². The fourth-order valence-corrected chi connectivity index (χ4v) is 2.76. The first-order valence-electron chi connectivity index (χ1n) is 7.72. The Balaban J connectivity index is 1.76. The van der Waals surface area contributed by atoms with Gasteiger partial charge in [-0.25, -0.2) is 0 Å². The highest BCUT2D eigenvalue weighted by atomic mass is 19.4. The first kappa shape index (κ1) is 16.8. The predicted octanol–water partition coefficient (Wildman–Crippen LogP) is 1.82. The molecule has 1 aliphatic heterocycles. The summed E-state index contributed by atoms with van der Waals surface area (Å²) in [6.07, 6.45) is -4.35. The highest BCUT2D eigenvalue weighted by Gasteiger charge is 2.30. The van der Waals surface area contributed by atoms with Gasteiger partial charge in [0.25, 0.3) is 0 Å². The molecule has 9 heteroatoms. The second-order valence-electron chi connectivity index (χ2n) is 6.12. The number of likely N-dealkylation sites (N-methyl/N-ethyl adjacent to an activating group) is 1. The van der Waals surface area contributed by atoms with E-state index in [2.05, 4.69) is 39.3 Å². The molecule has 24 heavy (non-hydrogen) atoms. The maximum atomic E-state index is 12.7. The van der Waals surface area contributed by atoms with Crippen molar-refractivity contribution < 1.29 is 13.2 Å². The second-order valence-corrected chi connectivity index (χ2v) is 6.12. The summed E-state index contributed by atoms with van der Waals surface area (Å²) in [5, 5.41) is 11.6. The molecule has 1 atom stereocenters. The van der Waals surface area contributed by atoms with Crippen molar-refractivity contribution in [2.24, 2.45) is 0 Å². The Morgan fingerprint density at radius 2 is 1.88 bits per heavy atom. The molecule has 0 saturated carbocycles. The second kappa shape index (κ2) is 6.48. The maximum Gasteiger partial charge on any atom is 0.416 e. The molecule has 0 N–H and O–H groups in total. The molecule has 6 nitrogen and oxygen atoms in total. The lowest BCUT2D eigenvalue weighted by atomic mass is 10.2. The van der Waals surface area contributed by atoms with Gasteiger partial charge in [0, 0.05) is 25.7 Å². The van der Waals surface area contributed by atoms with Crippen LogP contribution in [0.15, 0.2) is 24.3 Å². The Morgan fingerprint density at radius 1 is 1.17 bits per heavy atom. The van der Waals surface area contributed by atoms with Crippen molar-refractivity contribution in [3.63, 3.8) is 0 Å². The zero-order chi connectivity index (χ0) is 17.3. The predicted molar refractivity (Wildman–Crippen MR) is 81.5 cm³/mol. The van der Waals surface area contributed by atoms with Crippen LogP contribution < -0.4 is 0 Å². The zero-order valence-corrected chi connectivity index (χ0v) is 13.5. The van der Waals surface area contributed by atoms with Gasteiger partial charge in [-0.2, -0.15) is 17.9 Å². The Morgan fingerprint density at radius 3 is 2.50 bits per heavy atom. The fraction of sp³-hybridized carbons (Fsp3) is 0.533. The summed E-state index contributed by atoms with van der Waals surface area (Å²) in [5.74, 6) is 0.617. The molecule has 1 unspecified atom stereocenters. The Kier molecular flexibility index (Phi) is 4.55. The lowest BCUT2D eigenvalue weighted by Crippen LogP contribution is -2.49. The van der Waals surface area contributed by atoms with Crippen LogP contribution in [0.5, 0.6) is 0 Å². The normalized spacial score (nSPS) is 20.5. The lowest BCUT2D eigenvalue weighted by Gasteiger charge is -2.37. The van der Waals surface area contributed by atoms with Crippen molar-refractivity contribution in [1.82, 2.24) is 30.0 Å². The number of piperazine rings is 1. The van der Waals surface area contributed by atoms with Crippen LogP contribution in [0.3, 0.4) is 0 Å². The molecule has 1 saturated heterocycles. The first-order chi connectivity index (χ1) is 11.3. The average molecular weight is 340 g/mol. The van der Waals surface area contributed by atoms with E-state index in [-0.39, 0.29) is 0 Å². The molecule has 0 amide bonds. The van der Waals surface area contributed by atoms with Gasteiger partial charge in [0.15, 0.2) is 5.82 Å². The van der Waals surface area contributed by atoms with Crippen LogP contribution in [0.4, 0.5) is 13.2 Å². The third-order valence-electron chi connectivity index (χ3n) is 4.38. The van der Waals surface area contributed by atoms with Gasteiger partial charge >= 0.3 is 6.18 Å². The number of tetrazole rings is 1. The molecule has 0 bridgehead atoms. The fourth-order valence-electron chi connectivity index (χ4n) is 2.76. The molecule has 0 spiro atoms. The van der Waals surface area contributed by atoms with Crippen LogP contribution in [-0.2, 0) is 12.7 Å². The molecular weight excluding hydrogens is 321 g/mol. The number of alkyl halides is 3. The molecule has 2 heterocycles. The van der Waals surface area contributed by atoms with Crippen LogP contribution in [-0.4, -0.2) is 62.7 Å². The van der Waals surface area contributed by atoms with Crippen molar-refractivity contribution in [2.75, 3.05) is 26.7 Å². The maximum absolute atomic E-state index is 12.7. The number of aromatic nitrogens is 4. The largest absolute Gasteiger partial charge is 0.416 e. The highest BCUT2D eigenvalue weighted by Crippen LogP contribution is 2.29. The Labute approximate surface area is 137 Å². The van der Waals surface area contributed by atoms with Gasteiger partial charge in [-0.15, -0.1) is 5.10 Å². The van der Waals surface area contributed by atoms with Crippen molar-refractivity contribution in [3.8, 4) is 5.69 Å². The number of benzene rings is 1. The van der Waals surface area contributed by atoms with Gasteiger partial charge in [0.2, 0.25) is 0 Å². The number of halogens is 3. The van der Waals surface area contributed by atoms with Gasteiger partial charge in [-0.05, 0) is 48.7 Å². The summed E-state index contributed by atoms with van der Waals surface area (Å²) in [5.41, 5.74) is -0.168. The van der Waals surface area contributed by atoms with Gasteiger partial charge in [0.05, 0.1) is 17.8 Å². The van der Waals surface area contributed by atoms with E-state index in [1.54, 1.807) is 0 Å². The lowest BCUT2D eigenvalue weighted by molar-refractivity contribution is -0.137. The van der Waals surface area contributed by atoms with E-state index in [0.29, 0.717) is 24.1 Å². The SMILES string of the molecule is CC1CN(Cc2nnnn2-c2ccc(C(F)(F)F)cc2)CCN1C. The monoisotopic (exact) mass is 340 g/mol. The number of rotatable bonds is 3. The van der Waals surface area contributed by atoms with Gasteiger partial charge in [0.1, 0.15) is 0 Å². The van der Waals surface area contributed by atoms with Crippen LogP contribution in [0.25, 0.3) is 5.69 Å². The zero-order valence-electron chi connectivity index (χ0n) is 13.5. The summed E-state index contributed by atoms with van der Waals surface area (Å²) < 4.78 is 39.5. The van der Waals surface area contributed by atoms with Crippen molar-refractivity contribution in [2.45, 2.75) is 25.7 Å². The quantitative estimate of drug-likeness (QED) is 0.853. The summed E-state index contributed by atoms with van der Waals surface area (Å²) in [6.45, 7) is 5.48. The molecule has 0 radical (unpaired) electrons. The van der Waals surface area contributed by atoms with E-state index in [9.17, 15) is 13.2 Å². The highest BCUT2D eigenvalue weighted by molar-refractivity contribution is 5.35. The van der Waals surface area contributed by atoms with Crippen molar-refractivity contribution >= 4 is 0 Å². The Hall–Kier alpha value is -2.00. The minimum atomic E-state index is -4.35. The van der Waals surface area contributed by atoms with Crippen LogP contribution in [0.2, 0.25) is 0 Å². The first-order valence-corrected chi connectivity index (χ1v) is 7.72.